The molecule has 7 aromatic rings. The quantitative estimate of drug-likeness (QED) is 0.0247. The number of halogens is 5. The van der Waals surface area contributed by atoms with Gasteiger partial charge in [-0.1, -0.05) is 6.92 Å². The first-order valence-electron chi connectivity index (χ1n) is 23.7. The molecular formula is C49H59Cl4FKN11O12S7. The second-order valence-corrected chi connectivity index (χ2v) is 26.9. The fourth-order valence-corrected chi connectivity index (χ4v) is 8.96. The third-order valence-corrected chi connectivity index (χ3v) is 12.9. The Hall–Kier alpha value is -3.94. The molecule has 0 saturated carbocycles. The Labute approximate surface area is 583 Å². The second kappa shape index (κ2) is 41.3. The summed E-state index contributed by atoms with van der Waals surface area (Å²) in [5.74, 6) is -2.76. The Kier molecular flexibility index (Phi) is 39.4. The van der Waals surface area contributed by atoms with Gasteiger partial charge in [-0.05, 0) is 77.5 Å². The van der Waals surface area contributed by atoms with E-state index in [9.17, 15) is 33.5 Å². The molecule has 0 amide bonds. The van der Waals surface area contributed by atoms with Gasteiger partial charge in [0, 0.05) is 122 Å². The molecule has 23 nitrogen and oxygen atoms in total. The van der Waals surface area contributed by atoms with Crippen LogP contribution in [0, 0.1) is 4.84 Å². The van der Waals surface area contributed by atoms with Crippen molar-refractivity contribution in [2.45, 2.75) is 93.7 Å². The Morgan fingerprint density at radius 3 is 1.80 bits per heavy atom. The van der Waals surface area contributed by atoms with Crippen LogP contribution in [0.25, 0.3) is 22.2 Å². The SMILES string of the molecule is CC(=S)[S-].CC(C)(S)C(N)C(=O)O.CC1(C)SC(Cc2c[nH]ccc2=O)=NC1C(=O)O.CC1(C)SC(Cc2ncccc2O)=NC1C(=O)O.Cl.Clc1nc2cnccc2o1.Nc1c[nH]ccc1=O.O=S(Cl)Cl.S=c1[nH]c2cnccc2o1.[2H]CF.[K+]. The number of aliphatic carboxylic acids is 3. The van der Waals surface area contributed by atoms with Gasteiger partial charge < -0.3 is 80.5 Å². The van der Waals surface area contributed by atoms with Crippen LogP contribution in [0.5, 0.6) is 5.75 Å². The Balaban J connectivity index is 0. The average molecular weight is 1420 g/mol. The number of nitrogens with two attached hydrogens (primary N) is 2. The van der Waals surface area contributed by atoms with Crippen molar-refractivity contribution in [1.29, 1.82) is 0 Å². The minimum absolute atomic E-state index is 0. The van der Waals surface area contributed by atoms with E-state index in [-0.39, 0.29) is 91.4 Å². The number of aromatic hydroxyl groups is 1. The fourth-order valence-electron chi connectivity index (χ4n) is 5.98. The molecule has 3 unspecified atom stereocenters. The first-order chi connectivity index (χ1) is 39.1. The monoisotopic (exact) mass is 1420 g/mol. The van der Waals surface area contributed by atoms with E-state index in [4.69, 9.17) is 65.0 Å². The third-order valence-electron chi connectivity index (χ3n) is 9.79. The zero-order valence-electron chi connectivity index (χ0n) is 47.2. The van der Waals surface area contributed by atoms with Gasteiger partial charge in [0.15, 0.2) is 28.7 Å². The topological polar surface area (TPSA) is 385 Å². The number of aromatic amines is 3. The van der Waals surface area contributed by atoms with Gasteiger partial charge in [-0.25, -0.2) is 13.8 Å². The summed E-state index contributed by atoms with van der Waals surface area (Å²) in [6.45, 7) is 12.4. The molecule has 0 saturated heterocycles. The molecular weight excluding hydrogens is 1360 g/mol. The van der Waals surface area contributed by atoms with Crippen molar-refractivity contribution in [2.24, 2.45) is 15.7 Å². The largest absolute Gasteiger partial charge is 1.00 e. The van der Waals surface area contributed by atoms with E-state index in [0.717, 1.165) is 11.1 Å². The number of anilines is 1. The van der Waals surface area contributed by atoms with Crippen LogP contribution in [0.2, 0.25) is 5.35 Å². The third kappa shape index (κ3) is 32.2. The maximum absolute atomic E-state index is 11.6. The van der Waals surface area contributed by atoms with Crippen molar-refractivity contribution < 1.29 is 105 Å². The van der Waals surface area contributed by atoms with Crippen molar-refractivity contribution in [3.63, 3.8) is 0 Å². The number of carboxylic acid groups (broad SMARTS) is 3. The average Bonchev–Trinajstić information content (AvgIpc) is 4.28. The number of pyridine rings is 5. The van der Waals surface area contributed by atoms with Crippen molar-refractivity contribution in [2.75, 3.05) is 12.9 Å². The first-order valence-corrected chi connectivity index (χ1v) is 29.5. The molecule has 36 heteroatoms. The predicted molar refractivity (Wildman–Crippen MR) is 347 cm³/mol. The number of thiocarbonyl (C=S) groups is 1. The molecule has 85 heavy (non-hydrogen) atoms. The second-order valence-electron chi connectivity index (χ2n) is 17.6. The number of rotatable bonds is 8. The van der Waals surface area contributed by atoms with Gasteiger partial charge in [0.1, 0.15) is 22.8 Å². The van der Waals surface area contributed by atoms with Crippen LogP contribution >= 0.6 is 106 Å². The van der Waals surface area contributed by atoms with Gasteiger partial charge in [0.25, 0.3) is 10.2 Å². The van der Waals surface area contributed by atoms with Gasteiger partial charge in [-0.2, -0.15) is 21.8 Å². The van der Waals surface area contributed by atoms with Gasteiger partial charge in [0.05, 0.1) is 42.4 Å². The van der Waals surface area contributed by atoms with Crippen LogP contribution in [0.15, 0.2) is 121 Å². The number of hydrogen-bond acceptors (Lipinski definition) is 23. The van der Waals surface area contributed by atoms with Gasteiger partial charge >= 0.3 is 69.3 Å². The van der Waals surface area contributed by atoms with E-state index < -0.39 is 66.7 Å². The molecule has 11 N–H and O–H groups in total. The number of fused-ring (bicyclic) bond motifs is 2. The molecule has 460 valence electrons. The summed E-state index contributed by atoms with van der Waals surface area (Å²) in [6, 6.07) is 7.12. The number of aliphatic imine (C=N–C) groups is 2. The fraction of sp³-hybridized carbons (Fsp3) is 0.327. The molecule has 7 aromatic heterocycles. The standard InChI is InChI=1S/2C12H14N2O3S.C6H3ClN2O.C6H4N2OS.C5H6N2O.C5H11NO2S.C2H4S2.CH3F.Cl2OS.ClH.K/c1-12(2)10(11(16)17)14-9(18-12)5-7-6-13-4-3-8(7)15;1-12(2)10(11(16)17)14-9(18-12)6-7-8(15)4-3-5-13-7;7-6-9-4-3-8-2-1-5(4)10-6;10-6-8-4-3-7-2-1-5(4)9-6;6-4-3-7-2-1-5(4)8;1-5(2,9)3(6)4(7)8;1-2(3)4;1-2;1-4(2)3;;/h3-4,6,10H,5H2,1-2H3,(H,13,15)(H,16,17);3-5,10,15H,6H2,1-2H3,(H,16,17);1-3H;1-3H,(H,8,10);1-3H,6H2,(H,7,8);3,9H,6H2,1-2H3,(H,7,8);1H3,(H,3,4);1H3;;1H;/q;;;;;;;;;;+1/p-1/i;;;;;;;1D;;;. The van der Waals surface area contributed by atoms with Gasteiger partial charge in [-0.3, -0.25) is 43.7 Å². The van der Waals surface area contributed by atoms with E-state index in [0.29, 0.717) is 54.3 Å². The Bertz CT molecular complexity index is 3460. The molecule has 9 heterocycles. The summed E-state index contributed by atoms with van der Waals surface area (Å²) in [5.41, 5.74) is 14.5. The minimum Gasteiger partial charge on any atom is -0.506 e. The first kappa shape index (κ1) is 81.1. The predicted octanol–water partition coefficient (Wildman–Crippen LogP) is 6.76. The van der Waals surface area contributed by atoms with E-state index in [1.807, 2.05) is 27.7 Å². The van der Waals surface area contributed by atoms with Crippen LogP contribution in [0.1, 0.15) is 61.1 Å². The number of carbonyl (C=O) groups is 3. The Morgan fingerprint density at radius 2 is 1.40 bits per heavy atom. The number of nitrogens with zero attached hydrogens (tertiary/aromatic N) is 6. The van der Waals surface area contributed by atoms with Crippen molar-refractivity contribution in [3.05, 3.63) is 134 Å². The van der Waals surface area contributed by atoms with Crippen molar-refractivity contribution in [3.8, 4) is 5.75 Å². The van der Waals surface area contributed by atoms with Gasteiger partial charge in [0.2, 0.25) is 14.7 Å². The normalized spacial score (nSPS) is 15.0. The van der Waals surface area contributed by atoms with Crippen LogP contribution in [-0.4, -0.2) is 131 Å². The number of aromatic nitrogens is 7. The maximum atomic E-state index is 11.6. The number of hydrogen-bond donors (Lipinski definition) is 10. The number of nitrogens with one attached hydrogen (secondary N) is 3. The number of nitrogen functional groups attached to an aromatic ring is 1. The summed E-state index contributed by atoms with van der Waals surface area (Å²) in [7, 11) is 6.36. The molecule has 0 spiro atoms. The molecule has 0 fully saturated rings. The summed E-state index contributed by atoms with van der Waals surface area (Å²) in [5, 5.41) is 37.7. The van der Waals surface area contributed by atoms with Crippen LogP contribution in [0.3, 0.4) is 0 Å². The van der Waals surface area contributed by atoms with Crippen molar-refractivity contribution >= 4 is 188 Å². The number of H-pyrrole nitrogens is 3. The van der Waals surface area contributed by atoms with E-state index in [1.165, 1.54) is 41.9 Å². The smallest absolute Gasteiger partial charge is 0.506 e. The number of thioether (sulfide) groups is 2. The molecule has 0 radical (unpaired) electrons. The number of oxazole rings is 2. The summed E-state index contributed by atoms with van der Waals surface area (Å²) < 4.78 is 33.7. The maximum Gasteiger partial charge on any atom is 1.00 e. The van der Waals surface area contributed by atoms with Crippen LogP contribution < -0.4 is 73.7 Å². The molecule has 2 aliphatic rings. The molecule has 2 aliphatic heterocycles. The number of carboxylic acids is 3. The number of alkyl halides is 1. The number of thiol groups is 1. The summed E-state index contributed by atoms with van der Waals surface area (Å²) in [4.78, 5) is 87.2. The molecule has 0 bridgehead atoms. The van der Waals surface area contributed by atoms with Crippen LogP contribution in [0.4, 0.5) is 10.1 Å². The zero-order valence-corrected chi connectivity index (χ0v) is 58.2. The van der Waals surface area contributed by atoms with E-state index >= 15 is 0 Å². The molecule has 3 atom stereocenters. The van der Waals surface area contributed by atoms with Crippen molar-refractivity contribution in [1.82, 2.24) is 34.9 Å². The molecule has 9 rings (SSSR count). The van der Waals surface area contributed by atoms with Gasteiger partial charge in [-0.15, -0.1) is 35.9 Å². The minimum atomic E-state index is -1.67. The van der Waals surface area contributed by atoms with E-state index in [1.54, 1.807) is 94.6 Å². The molecule has 0 aliphatic carbocycles. The zero-order chi connectivity index (χ0) is 64.1. The van der Waals surface area contributed by atoms with E-state index in [2.05, 4.69) is 104 Å². The molecule has 0 aromatic carbocycles. The Morgan fingerprint density at radius 1 is 0.918 bits per heavy atom. The van der Waals surface area contributed by atoms with Crippen LogP contribution in [-0.2, 0) is 49.1 Å². The summed E-state index contributed by atoms with van der Waals surface area (Å²) >= 11 is 25.8. The summed E-state index contributed by atoms with van der Waals surface area (Å²) in [6.07, 6.45) is 15.1.